The molecule has 7 heteroatoms. The molecule has 0 amide bonds. The number of carboxylic acids is 1. The number of rotatable bonds is 7. The lowest BCUT2D eigenvalue weighted by Crippen LogP contribution is -1.99. The van der Waals surface area contributed by atoms with Gasteiger partial charge in [0.05, 0.1) is 6.61 Å². The molecular weight excluding hydrogens is 308 g/mol. The Balaban J connectivity index is 1.74. The highest BCUT2D eigenvalue weighted by atomic mass is 32.2. The molecule has 21 heavy (non-hydrogen) atoms. The van der Waals surface area contributed by atoms with Gasteiger partial charge in [-0.05, 0) is 30.7 Å². The molecule has 1 heterocycles. The largest absolute Gasteiger partial charge is 0.493 e. The number of aromatic nitrogens is 2. The van der Waals surface area contributed by atoms with Crippen LogP contribution in [0.4, 0.5) is 0 Å². The molecule has 0 fully saturated rings. The third-order valence-electron chi connectivity index (χ3n) is 2.38. The van der Waals surface area contributed by atoms with E-state index in [9.17, 15) is 4.79 Å². The van der Waals surface area contributed by atoms with Gasteiger partial charge in [-0.1, -0.05) is 35.2 Å². The summed E-state index contributed by atoms with van der Waals surface area (Å²) in [6.45, 7) is 2.51. The predicted molar refractivity (Wildman–Crippen MR) is 84.0 cm³/mol. The molecule has 0 unspecified atom stereocenters. The minimum Gasteiger partial charge on any atom is -0.493 e. The standard InChI is InChI=1S/C14H14N2O3S2/c1-10-15-16-14(21-10)20-9-8-19-12-5-2-11(3-6-12)4-7-13(17)18/h2-7H,8-9H2,1H3,(H,17,18). The third kappa shape index (κ3) is 5.57. The van der Waals surface area contributed by atoms with E-state index in [0.29, 0.717) is 6.61 Å². The van der Waals surface area contributed by atoms with Crippen LogP contribution in [0.1, 0.15) is 10.6 Å². The van der Waals surface area contributed by atoms with Crippen molar-refractivity contribution < 1.29 is 14.6 Å². The summed E-state index contributed by atoms with van der Waals surface area (Å²) >= 11 is 3.19. The van der Waals surface area contributed by atoms with Gasteiger partial charge in [0.15, 0.2) is 4.34 Å². The summed E-state index contributed by atoms with van der Waals surface area (Å²) in [7, 11) is 0. The fourth-order valence-electron chi connectivity index (χ4n) is 1.47. The van der Waals surface area contributed by atoms with Gasteiger partial charge in [-0.3, -0.25) is 0 Å². The van der Waals surface area contributed by atoms with Crippen LogP contribution in [0.15, 0.2) is 34.7 Å². The Labute approximate surface area is 130 Å². The van der Waals surface area contributed by atoms with Gasteiger partial charge in [-0.25, -0.2) is 4.79 Å². The molecular formula is C14H14N2O3S2. The van der Waals surface area contributed by atoms with Crippen molar-refractivity contribution >= 4 is 35.1 Å². The maximum absolute atomic E-state index is 10.4. The van der Waals surface area contributed by atoms with Crippen LogP contribution in [0.3, 0.4) is 0 Å². The predicted octanol–water partition coefficient (Wildman–Crippen LogP) is 3.12. The Morgan fingerprint density at radius 1 is 1.38 bits per heavy atom. The first-order valence-electron chi connectivity index (χ1n) is 6.20. The smallest absolute Gasteiger partial charge is 0.328 e. The maximum Gasteiger partial charge on any atom is 0.328 e. The number of nitrogens with zero attached hydrogens (tertiary/aromatic N) is 2. The second kappa shape index (κ2) is 7.80. The van der Waals surface area contributed by atoms with Gasteiger partial charge >= 0.3 is 5.97 Å². The normalized spacial score (nSPS) is 10.9. The minimum atomic E-state index is -0.959. The summed E-state index contributed by atoms with van der Waals surface area (Å²) in [5.74, 6) is 0.603. The maximum atomic E-state index is 10.4. The highest BCUT2D eigenvalue weighted by Crippen LogP contribution is 2.22. The van der Waals surface area contributed by atoms with E-state index in [1.807, 2.05) is 31.2 Å². The number of benzene rings is 1. The fourth-order valence-corrected chi connectivity index (χ4v) is 3.17. The number of hydrogen-bond acceptors (Lipinski definition) is 6. The molecule has 0 radical (unpaired) electrons. The summed E-state index contributed by atoms with van der Waals surface area (Å²) in [6, 6.07) is 7.27. The number of carboxylic acid groups (broad SMARTS) is 1. The van der Waals surface area contributed by atoms with Crippen LogP contribution < -0.4 is 4.74 Å². The molecule has 0 saturated carbocycles. The minimum absolute atomic E-state index is 0.577. The molecule has 5 nitrogen and oxygen atoms in total. The van der Waals surface area contributed by atoms with E-state index in [4.69, 9.17) is 9.84 Å². The third-order valence-corrected chi connectivity index (χ3v) is 4.32. The summed E-state index contributed by atoms with van der Waals surface area (Å²) in [5, 5.41) is 17.5. The number of aryl methyl sites for hydroxylation is 1. The first kappa shape index (κ1) is 15.5. The summed E-state index contributed by atoms with van der Waals surface area (Å²) in [5.41, 5.74) is 0.823. The number of hydrogen-bond donors (Lipinski definition) is 1. The molecule has 0 saturated heterocycles. The van der Waals surface area contributed by atoms with Crippen molar-refractivity contribution in [3.8, 4) is 5.75 Å². The molecule has 1 aromatic carbocycles. The highest BCUT2D eigenvalue weighted by molar-refractivity contribution is 8.01. The molecule has 1 N–H and O–H groups in total. The van der Waals surface area contributed by atoms with Gasteiger partial charge in [-0.2, -0.15) is 0 Å². The lowest BCUT2D eigenvalue weighted by Gasteiger charge is -2.05. The first-order chi connectivity index (χ1) is 10.1. The van der Waals surface area contributed by atoms with E-state index in [2.05, 4.69) is 10.2 Å². The SMILES string of the molecule is Cc1nnc(SCCOc2ccc(C=CC(=O)O)cc2)s1. The molecule has 0 spiro atoms. The van der Waals surface area contributed by atoms with E-state index in [1.165, 1.54) is 0 Å². The first-order valence-corrected chi connectivity index (χ1v) is 8.00. The van der Waals surface area contributed by atoms with E-state index < -0.39 is 5.97 Å². The van der Waals surface area contributed by atoms with Crippen LogP contribution in [0, 0.1) is 6.92 Å². The Kier molecular flexibility index (Phi) is 5.77. The molecule has 0 aliphatic heterocycles. The van der Waals surface area contributed by atoms with Gasteiger partial charge in [0, 0.05) is 11.8 Å². The zero-order valence-corrected chi connectivity index (χ0v) is 13.0. The summed E-state index contributed by atoms with van der Waals surface area (Å²) < 4.78 is 6.56. The molecule has 2 rings (SSSR count). The van der Waals surface area contributed by atoms with E-state index in [-0.39, 0.29) is 0 Å². The van der Waals surface area contributed by atoms with Crippen molar-refractivity contribution in [3.05, 3.63) is 40.9 Å². The number of thioether (sulfide) groups is 1. The van der Waals surface area contributed by atoms with Gasteiger partial charge in [0.2, 0.25) is 0 Å². The van der Waals surface area contributed by atoms with Gasteiger partial charge in [0.25, 0.3) is 0 Å². The second-order valence-corrected chi connectivity index (χ2v) is 6.55. The summed E-state index contributed by atoms with van der Waals surface area (Å²) in [6.07, 6.45) is 2.65. The van der Waals surface area contributed by atoms with E-state index in [0.717, 1.165) is 32.5 Å². The fraction of sp³-hybridized carbons (Fsp3) is 0.214. The van der Waals surface area contributed by atoms with Crippen LogP contribution in [0.5, 0.6) is 5.75 Å². The molecule has 0 aliphatic rings. The van der Waals surface area contributed by atoms with Crippen LogP contribution >= 0.6 is 23.1 Å². The topological polar surface area (TPSA) is 72.3 Å². The van der Waals surface area contributed by atoms with Gasteiger partial charge < -0.3 is 9.84 Å². The summed E-state index contributed by atoms with van der Waals surface area (Å²) in [4.78, 5) is 10.4. The zero-order valence-electron chi connectivity index (χ0n) is 11.4. The van der Waals surface area contributed by atoms with Gasteiger partial charge in [0.1, 0.15) is 10.8 Å². The number of aliphatic carboxylic acids is 1. The van der Waals surface area contributed by atoms with Crippen molar-refractivity contribution in [3.63, 3.8) is 0 Å². The Bertz CT molecular complexity index is 623. The van der Waals surface area contributed by atoms with Crippen molar-refractivity contribution in [2.24, 2.45) is 0 Å². The molecule has 110 valence electrons. The van der Waals surface area contributed by atoms with E-state index >= 15 is 0 Å². The number of carbonyl (C=O) groups is 1. The van der Waals surface area contributed by atoms with Crippen molar-refractivity contribution in [1.82, 2.24) is 10.2 Å². The van der Waals surface area contributed by atoms with Gasteiger partial charge in [-0.15, -0.1) is 10.2 Å². The van der Waals surface area contributed by atoms with Crippen molar-refractivity contribution in [2.75, 3.05) is 12.4 Å². The van der Waals surface area contributed by atoms with Crippen molar-refractivity contribution in [2.45, 2.75) is 11.3 Å². The molecule has 0 bridgehead atoms. The quantitative estimate of drug-likeness (QED) is 0.480. The van der Waals surface area contributed by atoms with Crippen LogP contribution in [0.25, 0.3) is 6.08 Å². The van der Waals surface area contributed by atoms with Crippen molar-refractivity contribution in [1.29, 1.82) is 0 Å². The Hall–Kier alpha value is -1.86. The average molecular weight is 322 g/mol. The zero-order chi connectivity index (χ0) is 15.1. The number of ether oxygens (including phenoxy) is 1. The monoisotopic (exact) mass is 322 g/mol. The van der Waals surface area contributed by atoms with Crippen LogP contribution in [-0.2, 0) is 4.79 Å². The van der Waals surface area contributed by atoms with Crippen LogP contribution in [-0.4, -0.2) is 33.6 Å². The molecule has 0 atom stereocenters. The lowest BCUT2D eigenvalue weighted by atomic mass is 10.2. The molecule has 2 aromatic rings. The average Bonchev–Trinajstić information content (AvgIpc) is 2.88. The van der Waals surface area contributed by atoms with Crippen LogP contribution in [0.2, 0.25) is 0 Å². The van der Waals surface area contributed by atoms with E-state index in [1.54, 1.807) is 29.2 Å². The second-order valence-electron chi connectivity index (χ2n) is 4.02. The highest BCUT2D eigenvalue weighted by Gasteiger charge is 2.01. The lowest BCUT2D eigenvalue weighted by molar-refractivity contribution is -0.131. The molecule has 1 aromatic heterocycles. The Morgan fingerprint density at radius 3 is 2.76 bits per heavy atom. The Morgan fingerprint density at radius 2 is 2.14 bits per heavy atom. The molecule has 0 aliphatic carbocycles.